The topological polar surface area (TPSA) is 51.8 Å². The van der Waals surface area contributed by atoms with Crippen molar-refractivity contribution in [1.82, 2.24) is 9.97 Å². The summed E-state index contributed by atoms with van der Waals surface area (Å²) in [5.41, 5.74) is 7.94. The molecule has 1 aromatic carbocycles. The van der Waals surface area contributed by atoms with Crippen molar-refractivity contribution in [2.75, 3.05) is 5.73 Å². The lowest BCUT2D eigenvalue weighted by molar-refractivity contribution is 0.568. The minimum Gasteiger partial charge on any atom is -0.384 e. The van der Waals surface area contributed by atoms with Gasteiger partial charge >= 0.3 is 0 Å². The third-order valence-corrected chi connectivity index (χ3v) is 4.20. The Labute approximate surface area is 122 Å². The lowest BCUT2D eigenvalue weighted by atomic mass is 9.92. The summed E-state index contributed by atoms with van der Waals surface area (Å²) < 4.78 is 1.24. The molecule has 0 aliphatic carbocycles. The third kappa shape index (κ3) is 2.27. The first-order chi connectivity index (χ1) is 9.45. The fourth-order valence-electron chi connectivity index (χ4n) is 2.12. The van der Waals surface area contributed by atoms with Gasteiger partial charge in [0, 0.05) is 32.5 Å². The van der Waals surface area contributed by atoms with Gasteiger partial charge in [-0.15, -0.1) is 11.3 Å². The van der Waals surface area contributed by atoms with E-state index < -0.39 is 0 Å². The largest absolute Gasteiger partial charge is 0.384 e. The molecule has 2 N–H and O–H groups in total. The molecule has 2 heterocycles. The Morgan fingerprint density at radius 2 is 1.85 bits per heavy atom. The molecule has 0 aliphatic heterocycles. The van der Waals surface area contributed by atoms with Crippen LogP contribution in [0.4, 0.5) is 5.82 Å². The van der Waals surface area contributed by atoms with E-state index in [1.165, 1.54) is 10.1 Å². The fourth-order valence-corrected chi connectivity index (χ4v) is 3.06. The zero-order valence-corrected chi connectivity index (χ0v) is 12.7. The number of rotatable bonds is 1. The summed E-state index contributed by atoms with van der Waals surface area (Å²) in [5, 5.41) is 3.29. The van der Waals surface area contributed by atoms with E-state index in [2.05, 4.69) is 43.3 Å². The summed E-state index contributed by atoms with van der Waals surface area (Å²) in [7, 11) is 0. The van der Waals surface area contributed by atoms with Crippen LogP contribution in [0.5, 0.6) is 0 Å². The standard InChI is InChI=1S/C16H17N3S/c1-16(2,3)13-8-14(17)19-15(18-13)11-9-20-12-7-5-4-6-10(11)12/h4-9H,1-3H3,(H2,17,18,19). The highest BCUT2D eigenvalue weighted by Gasteiger charge is 2.19. The van der Waals surface area contributed by atoms with Crippen molar-refractivity contribution >= 4 is 27.2 Å². The molecule has 4 heteroatoms. The molecule has 0 radical (unpaired) electrons. The molecule has 3 aromatic rings. The van der Waals surface area contributed by atoms with Crippen molar-refractivity contribution < 1.29 is 0 Å². The van der Waals surface area contributed by atoms with Crippen molar-refractivity contribution in [2.45, 2.75) is 26.2 Å². The van der Waals surface area contributed by atoms with Crippen molar-refractivity contribution in [1.29, 1.82) is 0 Å². The molecule has 0 atom stereocenters. The molecule has 3 rings (SSSR count). The molecule has 3 nitrogen and oxygen atoms in total. The highest BCUT2D eigenvalue weighted by Crippen LogP contribution is 2.33. The number of aromatic nitrogens is 2. The normalized spacial score (nSPS) is 11.9. The van der Waals surface area contributed by atoms with E-state index in [4.69, 9.17) is 10.7 Å². The Morgan fingerprint density at radius 3 is 2.60 bits per heavy atom. The number of nitrogen functional groups attached to an aromatic ring is 1. The first-order valence-corrected chi connectivity index (χ1v) is 7.45. The number of nitrogens with two attached hydrogens (primary N) is 1. The lowest BCUT2D eigenvalue weighted by Crippen LogP contribution is -2.15. The molecule has 0 amide bonds. The van der Waals surface area contributed by atoms with Crippen LogP contribution in [0.3, 0.4) is 0 Å². The lowest BCUT2D eigenvalue weighted by Gasteiger charge is -2.18. The van der Waals surface area contributed by atoms with Crippen LogP contribution in [-0.2, 0) is 5.41 Å². The van der Waals surface area contributed by atoms with Crippen molar-refractivity contribution in [2.24, 2.45) is 0 Å². The number of benzene rings is 1. The Balaban J connectivity index is 2.22. The van der Waals surface area contributed by atoms with Gasteiger partial charge in [-0.25, -0.2) is 9.97 Å². The predicted molar refractivity (Wildman–Crippen MR) is 86.0 cm³/mol. The van der Waals surface area contributed by atoms with Gasteiger partial charge in [0.05, 0.1) is 5.69 Å². The average Bonchev–Trinajstić information content (AvgIpc) is 2.80. The van der Waals surface area contributed by atoms with Gasteiger partial charge in [0.15, 0.2) is 5.82 Å². The van der Waals surface area contributed by atoms with Gasteiger partial charge in [-0.05, 0) is 6.07 Å². The van der Waals surface area contributed by atoms with Gasteiger partial charge in [-0.2, -0.15) is 0 Å². The van der Waals surface area contributed by atoms with Crippen LogP contribution in [0.1, 0.15) is 26.5 Å². The highest BCUT2D eigenvalue weighted by atomic mass is 32.1. The molecular formula is C16H17N3S. The van der Waals surface area contributed by atoms with Gasteiger partial charge in [0.2, 0.25) is 0 Å². The third-order valence-electron chi connectivity index (χ3n) is 3.24. The number of nitrogens with zero attached hydrogens (tertiary/aromatic N) is 2. The molecule has 0 saturated heterocycles. The summed E-state index contributed by atoms with van der Waals surface area (Å²) in [6, 6.07) is 10.2. The number of hydrogen-bond acceptors (Lipinski definition) is 4. The van der Waals surface area contributed by atoms with E-state index in [9.17, 15) is 0 Å². The van der Waals surface area contributed by atoms with E-state index in [1.54, 1.807) is 11.3 Å². The Hall–Kier alpha value is -1.94. The fraction of sp³-hybridized carbons (Fsp3) is 0.250. The van der Waals surface area contributed by atoms with Crippen LogP contribution >= 0.6 is 11.3 Å². The van der Waals surface area contributed by atoms with Gasteiger partial charge in [0.1, 0.15) is 5.82 Å². The Bertz CT molecular complexity index is 769. The molecule has 0 fully saturated rings. The van der Waals surface area contributed by atoms with Crippen LogP contribution < -0.4 is 5.73 Å². The molecule has 0 unspecified atom stereocenters. The number of anilines is 1. The van der Waals surface area contributed by atoms with Gasteiger partial charge < -0.3 is 5.73 Å². The maximum absolute atomic E-state index is 5.96. The van der Waals surface area contributed by atoms with Crippen LogP contribution in [0.25, 0.3) is 21.5 Å². The molecule has 0 spiro atoms. The second-order valence-corrected chi connectivity index (χ2v) is 6.81. The summed E-state index contributed by atoms with van der Waals surface area (Å²) >= 11 is 1.71. The zero-order chi connectivity index (χ0) is 14.3. The van der Waals surface area contributed by atoms with Crippen LogP contribution in [0, 0.1) is 0 Å². The minimum absolute atomic E-state index is 0.0440. The SMILES string of the molecule is CC(C)(C)c1cc(N)nc(-c2csc3ccccc23)n1. The average molecular weight is 283 g/mol. The van der Waals surface area contributed by atoms with Crippen molar-refractivity contribution in [3.8, 4) is 11.4 Å². The molecule has 2 aromatic heterocycles. The van der Waals surface area contributed by atoms with Crippen molar-refractivity contribution in [3.05, 3.63) is 41.4 Å². The smallest absolute Gasteiger partial charge is 0.163 e. The molecule has 20 heavy (non-hydrogen) atoms. The van der Waals surface area contributed by atoms with Crippen molar-refractivity contribution in [3.63, 3.8) is 0 Å². The van der Waals surface area contributed by atoms with E-state index in [1.807, 2.05) is 18.2 Å². The summed E-state index contributed by atoms with van der Waals surface area (Å²) in [6.45, 7) is 6.39. The predicted octanol–water partition coefficient (Wildman–Crippen LogP) is 4.24. The highest BCUT2D eigenvalue weighted by molar-refractivity contribution is 7.17. The second-order valence-electron chi connectivity index (χ2n) is 5.90. The molecule has 0 bridgehead atoms. The summed E-state index contributed by atoms with van der Waals surface area (Å²) in [6.07, 6.45) is 0. The van der Waals surface area contributed by atoms with Gasteiger partial charge in [-0.3, -0.25) is 0 Å². The van der Waals surface area contributed by atoms with Crippen LogP contribution in [-0.4, -0.2) is 9.97 Å². The molecule has 102 valence electrons. The van der Waals surface area contributed by atoms with E-state index >= 15 is 0 Å². The number of fused-ring (bicyclic) bond motifs is 1. The quantitative estimate of drug-likeness (QED) is 0.726. The Morgan fingerprint density at radius 1 is 1.10 bits per heavy atom. The maximum atomic E-state index is 5.96. The van der Waals surface area contributed by atoms with Gasteiger partial charge in [0.25, 0.3) is 0 Å². The van der Waals surface area contributed by atoms with E-state index in [0.29, 0.717) is 11.6 Å². The number of thiophene rings is 1. The monoisotopic (exact) mass is 283 g/mol. The number of hydrogen-bond donors (Lipinski definition) is 1. The maximum Gasteiger partial charge on any atom is 0.163 e. The van der Waals surface area contributed by atoms with Gasteiger partial charge in [-0.1, -0.05) is 39.0 Å². The molecule has 0 aliphatic rings. The first-order valence-electron chi connectivity index (χ1n) is 6.57. The first kappa shape index (κ1) is 13.1. The second kappa shape index (κ2) is 4.56. The minimum atomic E-state index is -0.0440. The molecule has 0 saturated carbocycles. The molecular weight excluding hydrogens is 266 g/mol. The van der Waals surface area contributed by atoms with E-state index in [-0.39, 0.29) is 5.41 Å². The summed E-state index contributed by atoms with van der Waals surface area (Å²) in [4.78, 5) is 9.13. The Kier molecular flexibility index (Phi) is 2.98. The summed E-state index contributed by atoms with van der Waals surface area (Å²) in [5.74, 6) is 1.24. The van der Waals surface area contributed by atoms with Crippen LogP contribution in [0.2, 0.25) is 0 Å². The van der Waals surface area contributed by atoms with E-state index in [0.717, 1.165) is 11.3 Å². The zero-order valence-electron chi connectivity index (χ0n) is 11.8. The van der Waals surface area contributed by atoms with Crippen LogP contribution in [0.15, 0.2) is 35.7 Å².